The number of rotatable bonds is 11. The van der Waals surface area contributed by atoms with Gasteiger partial charge >= 0.3 is 0 Å². The molecule has 0 radical (unpaired) electrons. The van der Waals surface area contributed by atoms with Crippen molar-refractivity contribution in [2.75, 3.05) is 4.90 Å². The van der Waals surface area contributed by atoms with E-state index in [4.69, 9.17) is 25.7 Å². The maximum atomic E-state index is 6.30. The van der Waals surface area contributed by atoms with Crippen molar-refractivity contribution in [2.24, 2.45) is 0 Å². The van der Waals surface area contributed by atoms with Gasteiger partial charge in [0.05, 0.1) is 11.0 Å². The van der Waals surface area contributed by atoms with Crippen LogP contribution in [0.1, 0.15) is 47.2 Å². The van der Waals surface area contributed by atoms with Gasteiger partial charge in [-0.15, -0.1) is 25.7 Å². The van der Waals surface area contributed by atoms with E-state index in [2.05, 4.69) is 302 Å². The molecule has 15 rings (SSSR count). The number of anilines is 3. The Bertz CT molecular complexity index is 5380. The number of hydrogen-bond donors (Lipinski definition) is 0. The van der Waals surface area contributed by atoms with E-state index in [0.717, 1.165) is 83.9 Å². The number of fused-ring (bicyclic) bond motifs is 6. The van der Waals surface area contributed by atoms with Crippen molar-refractivity contribution in [1.82, 2.24) is 4.57 Å². The summed E-state index contributed by atoms with van der Waals surface area (Å²) in [6.45, 7) is 4.74. The lowest BCUT2D eigenvalue weighted by Gasteiger charge is -2.28. The number of hydrogen-bond acceptors (Lipinski definition) is 1. The highest BCUT2D eigenvalue weighted by Gasteiger charge is 2.37. The molecule has 0 amide bonds. The Balaban J connectivity index is 0.817. The molecule has 91 heavy (non-hydrogen) atoms. The predicted octanol–water partition coefficient (Wildman–Crippen LogP) is 22.2. The van der Waals surface area contributed by atoms with Crippen LogP contribution in [0.2, 0.25) is 0 Å². The molecule has 13 aromatic carbocycles. The minimum absolute atomic E-state index is 0.355. The van der Waals surface area contributed by atoms with Gasteiger partial charge in [-0.05, 0) is 209 Å². The van der Waals surface area contributed by atoms with Gasteiger partial charge in [0, 0.05) is 61.2 Å². The fourth-order valence-electron chi connectivity index (χ4n) is 13.8. The number of para-hydroxylation sites is 2. The number of aromatic nitrogens is 1. The topological polar surface area (TPSA) is 8.17 Å². The lowest BCUT2D eigenvalue weighted by Crippen LogP contribution is -2.16. The summed E-state index contributed by atoms with van der Waals surface area (Å²) in [4.78, 5) is 2.40. The van der Waals surface area contributed by atoms with E-state index in [-0.39, 0.29) is 5.41 Å². The van der Waals surface area contributed by atoms with E-state index in [1.165, 1.54) is 60.8 Å². The van der Waals surface area contributed by atoms with Gasteiger partial charge in [-0.1, -0.05) is 220 Å². The van der Waals surface area contributed by atoms with E-state index in [9.17, 15) is 0 Å². The summed E-state index contributed by atoms with van der Waals surface area (Å²) < 4.78 is 2.37. The lowest BCUT2D eigenvalue weighted by atomic mass is 9.81. The summed E-state index contributed by atoms with van der Waals surface area (Å²) in [5.41, 5.74) is 28.6. The quantitative estimate of drug-likeness (QED) is 0.117. The molecule has 2 heteroatoms. The Morgan fingerprint density at radius 2 is 0.714 bits per heavy atom. The van der Waals surface area contributed by atoms with Gasteiger partial charge in [0.25, 0.3) is 0 Å². The highest BCUT2D eigenvalue weighted by molar-refractivity contribution is 6.10. The first-order chi connectivity index (χ1) is 44.7. The van der Waals surface area contributed by atoms with Crippen molar-refractivity contribution in [2.45, 2.75) is 19.3 Å². The molecular formula is C89H58N2. The number of nitrogens with zero attached hydrogens (tertiary/aromatic N) is 2. The Hall–Kier alpha value is -12.3. The van der Waals surface area contributed by atoms with Crippen LogP contribution in [0.3, 0.4) is 0 Å². The maximum absolute atomic E-state index is 6.30. The fraction of sp³-hybridized carbons (Fsp3) is 0.0337. The van der Waals surface area contributed by atoms with Crippen molar-refractivity contribution < 1.29 is 0 Å². The first kappa shape index (κ1) is 55.3. The number of benzene rings is 13. The minimum atomic E-state index is -0.355. The van der Waals surface area contributed by atoms with Gasteiger partial charge in [-0.3, -0.25) is 0 Å². The molecule has 2 nitrogen and oxygen atoms in total. The summed E-state index contributed by atoms with van der Waals surface area (Å²) in [5.74, 6) is 11.5. The molecule has 0 bridgehead atoms. The first-order valence-corrected chi connectivity index (χ1v) is 30.6. The van der Waals surface area contributed by atoms with E-state index in [1.54, 1.807) is 0 Å². The minimum Gasteiger partial charge on any atom is -0.310 e. The summed E-state index contributed by atoms with van der Waals surface area (Å²) >= 11 is 0. The van der Waals surface area contributed by atoms with Gasteiger partial charge in [0.2, 0.25) is 0 Å². The third kappa shape index (κ3) is 9.66. The summed E-state index contributed by atoms with van der Waals surface area (Å²) in [5, 5.41) is 2.46. The Kier molecular flexibility index (Phi) is 13.8. The SMILES string of the molecule is C#Cc1cccc(-c2ccc(-c3cc(-c4ccccc4)cc(-c4ccc5c(c4)C(C)(C)c4cc(N(c6ccc(-c7ccccc7)cc6)c6ccc(-c7ccc8c(c7)c7ccccc7n8-c7ccccc7)cc6)ccc4-5)c3)cc2-c2cccc(C#C)c2C#C)c1C#C. The normalized spacial score (nSPS) is 11.9. The van der Waals surface area contributed by atoms with Crippen LogP contribution in [0.4, 0.5) is 17.1 Å². The van der Waals surface area contributed by atoms with Crippen molar-refractivity contribution in [1.29, 1.82) is 0 Å². The molecular weight excluding hydrogens is 1100 g/mol. The molecule has 424 valence electrons. The molecule has 0 spiro atoms. The van der Waals surface area contributed by atoms with E-state index in [1.807, 2.05) is 36.4 Å². The van der Waals surface area contributed by atoms with Crippen molar-refractivity contribution in [3.05, 3.63) is 325 Å². The predicted molar refractivity (Wildman–Crippen MR) is 383 cm³/mol. The summed E-state index contributed by atoms with van der Waals surface area (Å²) in [6.07, 6.45) is 24.6. The monoisotopic (exact) mass is 1150 g/mol. The number of terminal acetylenes is 4. The molecule has 1 aliphatic carbocycles. The smallest absolute Gasteiger partial charge is 0.0541 e. The van der Waals surface area contributed by atoms with Crippen LogP contribution in [-0.4, -0.2) is 4.57 Å². The molecule has 0 N–H and O–H groups in total. The largest absolute Gasteiger partial charge is 0.310 e. The molecule has 0 saturated carbocycles. The Morgan fingerprint density at radius 1 is 0.286 bits per heavy atom. The van der Waals surface area contributed by atoms with Crippen LogP contribution in [0.25, 0.3) is 117 Å². The standard InChI is InChI=1S/C89H58N2/c1-7-59-28-22-33-77(75(59)9-3)79-48-40-66(55-83(79)78-34-23-29-60(8-2)76(78)10-4)69-52-68(62-26-16-12-17-27-62)53-70(54-69)67-41-49-80-81-50-47-74(58-86(81)89(5,6)85(80)57-67)90(72-43-36-63(37-44-72)61-24-14-11-15-25-61)73-45-38-64(39-46-73)65-42-51-88-84(56-65)82-32-20-21-35-87(82)91(88)71-30-18-13-19-31-71/h1-4,11-58H,5-6H3. The molecule has 1 aromatic heterocycles. The van der Waals surface area contributed by atoms with Gasteiger partial charge < -0.3 is 9.47 Å². The highest BCUT2D eigenvalue weighted by Crippen LogP contribution is 2.53. The summed E-state index contributed by atoms with van der Waals surface area (Å²) in [6, 6.07) is 105. The molecule has 1 heterocycles. The molecule has 0 aliphatic heterocycles. The second-order valence-electron chi connectivity index (χ2n) is 23.8. The zero-order valence-corrected chi connectivity index (χ0v) is 50.4. The Labute approximate surface area is 533 Å². The van der Waals surface area contributed by atoms with Crippen LogP contribution in [0.5, 0.6) is 0 Å². The first-order valence-electron chi connectivity index (χ1n) is 30.6. The molecule has 0 atom stereocenters. The Morgan fingerprint density at radius 3 is 1.31 bits per heavy atom. The van der Waals surface area contributed by atoms with Crippen molar-refractivity contribution >= 4 is 38.9 Å². The van der Waals surface area contributed by atoms with Crippen LogP contribution in [0, 0.1) is 49.4 Å². The zero-order valence-electron chi connectivity index (χ0n) is 50.4. The maximum Gasteiger partial charge on any atom is 0.0541 e. The molecule has 0 saturated heterocycles. The average Bonchev–Trinajstić information content (AvgIpc) is 1.64. The molecule has 14 aromatic rings. The van der Waals surface area contributed by atoms with Gasteiger partial charge in [-0.25, -0.2) is 0 Å². The third-order valence-electron chi connectivity index (χ3n) is 18.3. The van der Waals surface area contributed by atoms with Crippen LogP contribution < -0.4 is 4.90 Å². The second kappa shape index (κ2) is 22.8. The van der Waals surface area contributed by atoms with Crippen LogP contribution in [0.15, 0.2) is 291 Å². The second-order valence-corrected chi connectivity index (χ2v) is 23.8. The van der Waals surface area contributed by atoms with Gasteiger partial charge in [0.15, 0.2) is 0 Å². The molecule has 0 fully saturated rings. The van der Waals surface area contributed by atoms with Crippen molar-refractivity contribution in [3.63, 3.8) is 0 Å². The third-order valence-corrected chi connectivity index (χ3v) is 18.3. The fourth-order valence-corrected chi connectivity index (χ4v) is 13.8. The van der Waals surface area contributed by atoms with E-state index in [0.29, 0.717) is 22.3 Å². The van der Waals surface area contributed by atoms with Crippen LogP contribution in [-0.2, 0) is 5.41 Å². The molecule has 0 unspecified atom stereocenters. The lowest BCUT2D eigenvalue weighted by molar-refractivity contribution is 0.660. The van der Waals surface area contributed by atoms with Crippen LogP contribution >= 0.6 is 0 Å². The zero-order chi connectivity index (χ0) is 61.7. The molecule has 1 aliphatic rings. The summed E-state index contributed by atoms with van der Waals surface area (Å²) in [7, 11) is 0. The van der Waals surface area contributed by atoms with Gasteiger partial charge in [0.1, 0.15) is 0 Å². The average molecular weight is 1160 g/mol. The van der Waals surface area contributed by atoms with E-state index < -0.39 is 0 Å². The van der Waals surface area contributed by atoms with Crippen molar-refractivity contribution in [3.8, 4) is 144 Å². The highest BCUT2D eigenvalue weighted by atomic mass is 15.1. The van der Waals surface area contributed by atoms with Gasteiger partial charge in [-0.2, -0.15) is 0 Å². The van der Waals surface area contributed by atoms with E-state index >= 15 is 0 Å².